The number of carbonyl (C=O) groups excluding carboxylic acids is 1. The van der Waals surface area contributed by atoms with Crippen LogP contribution in [0.25, 0.3) is 0 Å². The first-order valence-electron chi connectivity index (χ1n) is 4.45. The monoisotopic (exact) mass is 222 g/mol. The summed E-state index contributed by atoms with van der Waals surface area (Å²) in [6.45, 7) is 1.97. The van der Waals surface area contributed by atoms with E-state index in [1.54, 1.807) is 0 Å². The van der Waals surface area contributed by atoms with Crippen LogP contribution < -0.4 is 0 Å². The van der Waals surface area contributed by atoms with Crippen molar-refractivity contribution in [1.29, 1.82) is 0 Å². The molecule has 3 heteroatoms. The minimum absolute atomic E-state index is 0.190. The molecule has 0 saturated heterocycles. The Morgan fingerprint density at radius 2 is 2.13 bits per heavy atom. The molecule has 15 heavy (non-hydrogen) atoms. The van der Waals surface area contributed by atoms with Gasteiger partial charge in [-0.25, -0.2) is 0 Å². The van der Waals surface area contributed by atoms with Crippen molar-refractivity contribution in [1.82, 2.24) is 0 Å². The lowest BCUT2D eigenvalue weighted by molar-refractivity contribution is -0.143. The molecular weight excluding hydrogens is 212 g/mol. The van der Waals surface area contributed by atoms with Gasteiger partial charge in [-0.15, -0.1) is 18.0 Å². The van der Waals surface area contributed by atoms with Gasteiger partial charge in [-0.1, -0.05) is 35.7 Å². The van der Waals surface area contributed by atoms with Crippen molar-refractivity contribution >= 4 is 17.6 Å². The van der Waals surface area contributed by atoms with Crippen molar-refractivity contribution < 1.29 is 9.53 Å². The quantitative estimate of drug-likeness (QED) is 0.446. The highest BCUT2D eigenvalue weighted by Crippen LogP contribution is 2.17. The zero-order valence-corrected chi connectivity index (χ0v) is 9.12. The van der Waals surface area contributed by atoms with Crippen LogP contribution in [0.3, 0.4) is 0 Å². The lowest BCUT2D eigenvalue weighted by Crippen LogP contribution is -2.10. The molecule has 0 spiro atoms. The molecular formula is C12H11ClO2. The minimum Gasteiger partial charge on any atom is -0.443 e. The van der Waals surface area contributed by atoms with E-state index in [1.165, 1.54) is 0 Å². The van der Waals surface area contributed by atoms with E-state index in [-0.39, 0.29) is 5.88 Å². The molecule has 0 aliphatic heterocycles. The normalized spacial score (nSPS) is 11.5. The molecule has 0 aromatic heterocycles. The van der Waals surface area contributed by atoms with Gasteiger partial charge >= 0.3 is 5.97 Å². The molecule has 1 atom stereocenters. The second-order valence-electron chi connectivity index (χ2n) is 3.08. The van der Waals surface area contributed by atoms with E-state index in [2.05, 4.69) is 5.92 Å². The smallest absolute Gasteiger partial charge is 0.322 e. The standard InChI is InChI=1S/C12H11ClO2/c1-3-11(15-12(14)8-13)10-6-4-9(2)5-7-10/h1,4-7,11H,8H2,2H3/t11-/m1/s1. The second kappa shape index (κ2) is 5.43. The predicted octanol–water partition coefficient (Wildman–Crippen LogP) is 2.45. The summed E-state index contributed by atoms with van der Waals surface area (Å²) in [5, 5.41) is 0. The third-order valence-electron chi connectivity index (χ3n) is 1.89. The molecule has 0 bridgehead atoms. The molecule has 0 amide bonds. The zero-order valence-electron chi connectivity index (χ0n) is 8.37. The molecule has 0 heterocycles. The minimum atomic E-state index is -0.656. The van der Waals surface area contributed by atoms with Crippen LogP contribution in [0.4, 0.5) is 0 Å². The first-order valence-corrected chi connectivity index (χ1v) is 4.99. The summed E-state index contributed by atoms with van der Waals surface area (Å²) in [7, 11) is 0. The van der Waals surface area contributed by atoms with Crippen LogP contribution in [0.15, 0.2) is 24.3 Å². The fourth-order valence-electron chi connectivity index (χ4n) is 1.10. The third kappa shape index (κ3) is 3.30. The number of hydrogen-bond acceptors (Lipinski definition) is 2. The van der Waals surface area contributed by atoms with Gasteiger partial charge in [0.2, 0.25) is 0 Å². The van der Waals surface area contributed by atoms with Gasteiger partial charge in [0.1, 0.15) is 5.88 Å². The van der Waals surface area contributed by atoms with Gasteiger partial charge < -0.3 is 4.74 Å². The Morgan fingerprint density at radius 3 is 2.60 bits per heavy atom. The first kappa shape index (κ1) is 11.6. The molecule has 1 rings (SSSR count). The van der Waals surface area contributed by atoms with Gasteiger partial charge in [0.15, 0.2) is 6.10 Å². The van der Waals surface area contributed by atoms with Crippen LogP contribution in [0.2, 0.25) is 0 Å². The van der Waals surface area contributed by atoms with Gasteiger partial charge in [-0.05, 0) is 6.92 Å². The molecule has 2 nitrogen and oxygen atoms in total. The number of carbonyl (C=O) groups is 1. The van der Waals surface area contributed by atoms with Gasteiger partial charge in [0, 0.05) is 5.56 Å². The van der Waals surface area contributed by atoms with Gasteiger partial charge in [-0.3, -0.25) is 4.79 Å². The molecule has 78 valence electrons. The van der Waals surface area contributed by atoms with E-state index < -0.39 is 12.1 Å². The maximum absolute atomic E-state index is 11.0. The van der Waals surface area contributed by atoms with Crippen molar-refractivity contribution in [3.8, 4) is 12.3 Å². The van der Waals surface area contributed by atoms with E-state index in [0.717, 1.165) is 11.1 Å². The fourth-order valence-corrected chi connectivity index (χ4v) is 1.17. The van der Waals surface area contributed by atoms with E-state index in [4.69, 9.17) is 22.8 Å². The summed E-state index contributed by atoms with van der Waals surface area (Å²) in [5.74, 6) is 1.70. The number of terminal acetylenes is 1. The summed E-state index contributed by atoms with van der Waals surface area (Å²) in [6.07, 6.45) is 4.62. The summed E-state index contributed by atoms with van der Waals surface area (Å²) in [5.41, 5.74) is 1.90. The maximum atomic E-state index is 11.0. The lowest BCUT2D eigenvalue weighted by Gasteiger charge is -2.11. The molecule has 0 aliphatic rings. The van der Waals surface area contributed by atoms with Crippen molar-refractivity contribution in [2.24, 2.45) is 0 Å². The molecule has 0 fully saturated rings. The van der Waals surface area contributed by atoms with Crippen molar-refractivity contribution in [2.75, 3.05) is 5.88 Å². The molecule has 0 N–H and O–H groups in total. The highest BCUT2D eigenvalue weighted by Gasteiger charge is 2.12. The Balaban J connectivity index is 2.80. The Kier molecular flexibility index (Phi) is 4.20. The number of hydrogen-bond donors (Lipinski definition) is 0. The second-order valence-corrected chi connectivity index (χ2v) is 3.35. The number of alkyl halides is 1. The average Bonchev–Trinajstić information content (AvgIpc) is 2.27. The number of rotatable bonds is 3. The number of aryl methyl sites for hydroxylation is 1. The highest BCUT2D eigenvalue weighted by molar-refractivity contribution is 6.26. The van der Waals surface area contributed by atoms with E-state index in [9.17, 15) is 4.79 Å². The molecule has 0 aliphatic carbocycles. The van der Waals surface area contributed by atoms with Crippen LogP contribution in [0.5, 0.6) is 0 Å². The SMILES string of the molecule is C#C[C@@H](OC(=O)CCl)c1ccc(C)cc1. The van der Waals surface area contributed by atoms with Crippen molar-refractivity contribution in [3.63, 3.8) is 0 Å². The summed E-state index contributed by atoms with van der Waals surface area (Å²) in [6, 6.07) is 7.49. The van der Waals surface area contributed by atoms with Crippen LogP contribution in [0, 0.1) is 19.3 Å². The maximum Gasteiger partial charge on any atom is 0.322 e. The summed E-state index contributed by atoms with van der Waals surface area (Å²) in [4.78, 5) is 11.0. The number of esters is 1. The number of benzene rings is 1. The summed E-state index contributed by atoms with van der Waals surface area (Å²) < 4.78 is 4.97. The van der Waals surface area contributed by atoms with E-state index >= 15 is 0 Å². The zero-order chi connectivity index (χ0) is 11.3. The van der Waals surface area contributed by atoms with E-state index in [1.807, 2.05) is 31.2 Å². The predicted molar refractivity (Wildman–Crippen MR) is 59.6 cm³/mol. The fraction of sp³-hybridized carbons (Fsp3) is 0.250. The lowest BCUT2D eigenvalue weighted by atomic mass is 10.1. The topological polar surface area (TPSA) is 26.3 Å². The van der Waals surface area contributed by atoms with Crippen molar-refractivity contribution in [3.05, 3.63) is 35.4 Å². The van der Waals surface area contributed by atoms with Crippen LogP contribution in [0.1, 0.15) is 17.2 Å². The van der Waals surface area contributed by atoms with Crippen LogP contribution in [-0.2, 0) is 9.53 Å². The van der Waals surface area contributed by atoms with E-state index in [0.29, 0.717) is 0 Å². The average molecular weight is 223 g/mol. The van der Waals surface area contributed by atoms with Crippen LogP contribution >= 0.6 is 11.6 Å². The molecule has 0 unspecified atom stereocenters. The molecule has 0 radical (unpaired) electrons. The number of ether oxygens (including phenoxy) is 1. The number of halogens is 1. The van der Waals surface area contributed by atoms with Gasteiger partial charge in [0.25, 0.3) is 0 Å². The first-order chi connectivity index (χ1) is 7.17. The Bertz CT molecular complexity index is 376. The molecule has 0 saturated carbocycles. The third-order valence-corrected chi connectivity index (χ3v) is 2.11. The summed E-state index contributed by atoms with van der Waals surface area (Å²) >= 11 is 5.32. The highest BCUT2D eigenvalue weighted by atomic mass is 35.5. The Hall–Kier alpha value is -1.46. The Labute approximate surface area is 94.2 Å². The molecule has 1 aromatic rings. The van der Waals surface area contributed by atoms with Crippen LogP contribution in [-0.4, -0.2) is 11.8 Å². The van der Waals surface area contributed by atoms with Crippen molar-refractivity contribution in [2.45, 2.75) is 13.0 Å². The van der Waals surface area contributed by atoms with Gasteiger partial charge in [-0.2, -0.15) is 0 Å². The van der Waals surface area contributed by atoms with Gasteiger partial charge in [0.05, 0.1) is 0 Å². The largest absolute Gasteiger partial charge is 0.443 e. The molecule has 1 aromatic carbocycles. The Morgan fingerprint density at radius 1 is 1.53 bits per heavy atom.